The monoisotopic (exact) mass is 362 g/mol. The zero-order valence-electron chi connectivity index (χ0n) is 15.7. The Labute approximate surface area is 153 Å². The normalized spacial score (nSPS) is 22.8. The molecule has 0 bridgehead atoms. The predicted octanol–water partition coefficient (Wildman–Crippen LogP) is 2.29. The Bertz CT molecular complexity index is 685. The Kier molecular flexibility index (Phi) is 4.98. The van der Waals surface area contributed by atoms with Crippen LogP contribution in [0.25, 0.3) is 0 Å². The van der Waals surface area contributed by atoms with Crippen LogP contribution in [0.1, 0.15) is 27.7 Å². The molecular formula is C19H26N2O5. The Morgan fingerprint density at radius 3 is 2.50 bits per heavy atom. The smallest absolute Gasteiger partial charge is 0.410 e. The number of ether oxygens (including phenoxy) is 3. The van der Waals surface area contributed by atoms with E-state index in [4.69, 9.17) is 14.2 Å². The maximum atomic E-state index is 12.8. The lowest BCUT2D eigenvalue weighted by Gasteiger charge is -2.41. The third kappa shape index (κ3) is 4.03. The quantitative estimate of drug-likeness (QED) is 0.767. The summed E-state index contributed by atoms with van der Waals surface area (Å²) < 4.78 is 16.9. The molecule has 1 saturated heterocycles. The minimum atomic E-state index is -0.662. The first-order valence-corrected chi connectivity index (χ1v) is 8.91. The number of piperazine rings is 1. The van der Waals surface area contributed by atoms with Gasteiger partial charge in [-0.15, -0.1) is 0 Å². The number of carbonyl (C=O) groups excluding carboxylic acids is 2. The van der Waals surface area contributed by atoms with Crippen molar-refractivity contribution in [3.8, 4) is 11.5 Å². The van der Waals surface area contributed by atoms with Crippen LogP contribution in [-0.4, -0.2) is 65.8 Å². The molecule has 0 N–H and O–H groups in total. The standard InChI is InChI=1S/C19H26N2O5/c1-13-11-20(9-10-21(13)18(23)26-19(2,3)4)17(22)16-12-24-14-7-5-6-8-15(14)25-16/h5-8,13,16H,9-12H2,1-4H3/t13-,16-/m1/s1. The molecule has 1 aromatic carbocycles. The van der Waals surface area contributed by atoms with E-state index in [1.807, 2.05) is 45.9 Å². The number of hydrogen-bond donors (Lipinski definition) is 0. The summed E-state index contributed by atoms with van der Waals surface area (Å²) in [6.07, 6.45) is -1.01. The van der Waals surface area contributed by atoms with Gasteiger partial charge in [-0.2, -0.15) is 0 Å². The fourth-order valence-corrected chi connectivity index (χ4v) is 3.09. The van der Waals surface area contributed by atoms with Crippen LogP contribution in [0.3, 0.4) is 0 Å². The third-order valence-corrected chi connectivity index (χ3v) is 4.35. The van der Waals surface area contributed by atoms with Crippen molar-refractivity contribution in [2.45, 2.75) is 45.4 Å². The van der Waals surface area contributed by atoms with Crippen molar-refractivity contribution in [1.29, 1.82) is 0 Å². The van der Waals surface area contributed by atoms with Gasteiger partial charge in [0.25, 0.3) is 5.91 Å². The highest BCUT2D eigenvalue weighted by Crippen LogP contribution is 2.31. The van der Waals surface area contributed by atoms with Crippen LogP contribution in [-0.2, 0) is 9.53 Å². The summed E-state index contributed by atoms with van der Waals surface area (Å²) >= 11 is 0. The summed E-state index contributed by atoms with van der Waals surface area (Å²) in [5, 5.41) is 0. The van der Waals surface area contributed by atoms with Gasteiger partial charge in [0.05, 0.1) is 0 Å². The van der Waals surface area contributed by atoms with Gasteiger partial charge in [0, 0.05) is 25.7 Å². The van der Waals surface area contributed by atoms with E-state index in [1.165, 1.54) is 0 Å². The lowest BCUT2D eigenvalue weighted by atomic mass is 10.1. The molecule has 0 unspecified atom stereocenters. The van der Waals surface area contributed by atoms with E-state index in [0.717, 1.165) is 0 Å². The molecule has 7 nitrogen and oxygen atoms in total. The maximum Gasteiger partial charge on any atom is 0.410 e. The Morgan fingerprint density at radius 2 is 1.85 bits per heavy atom. The Balaban J connectivity index is 1.59. The summed E-state index contributed by atoms with van der Waals surface area (Å²) in [7, 11) is 0. The van der Waals surface area contributed by atoms with Gasteiger partial charge < -0.3 is 24.0 Å². The second-order valence-electron chi connectivity index (χ2n) is 7.67. The highest BCUT2D eigenvalue weighted by molar-refractivity contribution is 5.82. The number of hydrogen-bond acceptors (Lipinski definition) is 5. The molecule has 0 radical (unpaired) electrons. The van der Waals surface area contributed by atoms with E-state index in [-0.39, 0.29) is 24.6 Å². The van der Waals surface area contributed by atoms with Crippen molar-refractivity contribution in [2.24, 2.45) is 0 Å². The molecule has 2 atom stereocenters. The van der Waals surface area contributed by atoms with E-state index in [2.05, 4.69) is 0 Å². The number of benzene rings is 1. The summed E-state index contributed by atoms with van der Waals surface area (Å²) in [6.45, 7) is 8.96. The van der Waals surface area contributed by atoms with Crippen molar-refractivity contribution in [3.63, 3.8) is 0 Å². The Hall–Kier alpha value is -2.44. The summed E-state index contributed by atoms with van der Waals surface area (Å²) in [6, 6.07) is 7.19. The van der Waals surface area contributed by atoms with Crippen molar-refractivity contribution >= 4 is 12.0 Å². The number of amides is 2. The van der Waals surface area contributed by atoms with Gasteiger partial charge in [-0.1, -0.05) is 12.1 Å². The number of nitrogens with zero attached hydrogens (tertiary/aromatic N) is 2. The van der Waals surface area contributed by atoms with E-state index in [9.17, 15) is 9.59 Å². The van der Waals surface area contributed by atoms with E-state index >= 15 is 0 Å². The van der Waals surface area contributed by atoms with Crippen LogP contribution in [0.4, 0.5) is 4.79 Å². The molecule has 0 spiro atoms. The maximum absolute atomic E-state index is 12.8. The second-order valence-corrected chi connectivity index (χ2v) is 7.67. The van der Waals surface area contributed by atoms with Crippen molar-refractivity contribution in [3.05, 3.63) is 24.3 Å². The molecule has 26 heavy (non-hydrogen) atoms. The first-order valence-electron chi connectivity index (χ1n) is 8.91. The molecule has 2 heterocycles. The van der Waals surface area contributed by atoms with Crippen LogP contribution in [0.2, 0.25) is 0 Å². The molecule has 0 aromatic heterocycles. The highest BCUT2D eigenvalue weighted by Gasteiger charge is 2.37. The molecule has 1 fully saturated rings. The van der Waals surface area contributed by atoms with Crippen molar-refractivity contribution in [1.82, 2.24) is 9.80 Å². The summed E-state index contributed by atoms with van der Waals surface area (Å²) in [5.41, 5.74) is -0.537. The lowest BCUT2D eigenvalue weighted by Crippen LogP contribution is -2.59. The molecule has 7 heteroatoms. The minimum Gasteiger partial charge on any atom is -0.485 e. The highest BCUT2D eigenvalue weighted by atomic mass is 16.6. The molecule has 1 aromatic rings. The molecule has 0 aliphatic carbocycles. The van der Waals surface area contributed by atoms with Crippen molar-refractivity contribution in [2.75, 3.05) is 26.2 Å². The number of para-hydroxylation sites is 2. The fraction of sp³-hybridized carbons (Fsp3) is 0.579. The first-order chi connectivity index (χ1) is 12.2. The summed E-state index contributed by atoms with van der Waals surface area (Å²) in [5.74, 6) is 1.12. The molecule has 0 saturated carbocycles. The average molecular weight is 362 g/mol. The van der Waals surface area contributed by atoms with Crippen LogP contribution < -0.4 is 9.47 Å². The van der Waals surface area contributed by atoms with E-state index < -0.39 is 11.7 Å². The number of fused-ring (bicyclic) bond motifs is 1. The van der Waals surface area contributed by atoms with Crippen molar-refractivity contribution < 1.29 is 23.8 Å². The topological polar surface area (TPSA) is 68.3 Å². The molecule has 2 aliphatic rings. The van der Waals surface area contributed by atoms with Gasteiger partial charge in [-0.25, -0.2) is 4.79 Å². The molecule has 3 rings (SSSR count). The zero-order chi connectivity index (χ0) is 18.9. The zero-order valence-corrected chi connectivity index (χ0v) is 15.7. The number of carbonyl (C=O) groups is 2. The second kappa shape index (κ2) is 7.05. The van der Waals surface area contributed by atoms with E-state index in [1.54, 1.807) is 15.9 Å². The first kappa shape index (κ1) is 18.4. The molecule has 142 valence electrons. The van der Waals surface area contributed by atoms with Crippen LogP contribution >= 0.6 is 0 Å². The van der Waals surface area contributed by atoms with Crippen LogP contribution in [0.5, 0.6) is 11.5 Å². The van der Waals surface area contributed by atoms with Gasteiger partial charge in [0.2, 0.25) is 6.10 Å². The van der Waals surface area contributed by atoms with Gasteiger partial charge in [0.15, 0.2) is 11.5 Å². The van der Waals surface area contributed by atoms with Gasteiger partial charge >= 0.3 is 6.09 Å². The van der Waals surface area contributed by atoms with E-state index in [0.29, 0.717) is 31.1 Å². The van der Waals surface area contributed by atoms with Crippen LogP contribution in [0.15, 0.2) is 24.3 Å². The fourth-order valence-electron chi connectivity index (χ4n) is 3.09. The minimum absolute atomic E-state index is 0.116. The lowest BCUT2D eigenvalue weighted by molar-refractivity contribution is -0.144. The van der Waals surface area contributed by atoms with Crippen LogP contribution in [0, 0.1) is 0 Å². The molecule has 2 aliphatic heterocycles. The van der Waals surface area contributed by atoms with Gasteiger partial charge in [-0.3, -0.25) is 4.79 Å². The van der Waals surface area contributed by atoms with Gasteiger partial charge in [-0.05, 0) is 39.8 Å². The average Bonchev–Trinajstić information content (AvgIpc) is 2.59. The molecule has 2 amide bonds. The number of rotatable bonds is 1. The predicted molar refractivity (Wildman–Crippen MR) is 95.3 cm³/mol. The summed E-state index contributed by atoms with van der Waals surface area (Å²) in [4.78, 5) is 28.5. The third-order valence-electron chi connectivity index (χ3n) is 4.35. The Morgan fingerprint density at radius 1 is 1.15 bits per heavy atom. The van der Waals surface area contributed by atoms with Gasteiger partial charge in [0.1, 0.15) is 12.2 Å². The molecular weight excluding hydrogens is 336 g/mol. The SMILES string of the molecule is C[C@@H]1CN(C(=O)[C@H]2COc3ccccc3O2)CCN1C(=O)OC(C)(C)C. The largest absolute Gasteiger partial charge is 0.485 e.